The number of anilines is 1. The van der Waals surface area contributed by atoms with E-state index < -0.39 is 0 Å². The zero-order valence-corrected chi connectivity index (χ0v) is 12.2. The number of hydrogen-bond donors (Lipinski definition) is 2. The zero-order valence-electron chi connectivity index (χ0n) is 9.79. The van der Waals surface area contributed by atoms with Gasteiger partial charge in [0.2, 0.25) is 0 Å². The molecular formula is C11H9BrN4O2S. The number of halogens is 1. The fourth-order valence-electron chi connectivity index (χ4n) is 1.25. The Morgan fingerprint density at radius 2 is 2.32 bits per heavy atom. The van der Waals surface area contributed by atoms with Gasteiger partial charge in [-0.2, -0.15) is 0 Å². The summed E-state index contributed by atoms with van der Waals surface area (Å²) in [5.74, 6) is -0.298. The van der Waals surface area contributed by atoms with Crippen molar-refractivity contribution in [2.75, 3.05) is 5.32 Å². The molecule has 0 radical (unpaired) electrons. The molecule has 19 heavy (non-hydrogen) atoms. The van der Waals surface area contributed by atoms with E-state index in [4.69, 9.17) is 5.21 Å². The van der Waals surface area contributed by atoms with Crippen LogP contribution < -0.4 is 5.32 Å². The number of aromatic nitrogens is 2. The smallest absolute Gasteiger partial charge is 0.259 e. The van der Waals surface area contributed by atoms with Crippen molar-refractivity contribution >= 4 is 44.0 Å². The monoisotopic (exact) mass is 340 g/mol. The van der Waals surface area contributed by atoms with Crippen LogP contribution >= 0.6 is 27.3 Å². The summed E-state index contributed by atoms with van der Waals surface area (Å²) in [6, 6.07) is 1.66. The second kappa shape index (κ2) is 5.89. The van der Waals surface area contributed by atoms with Crippen LogP contribution in [0.5, 0.6) is 0 Å². The maximum atomic E-state index is 11.9. The first-order chi connectivity index (χ1) is 9.10. The molecule has 0 aromatic carbocycles. The van der Waals surface area contributed by atoms with Crippen LogP contribution in [-0.2, 0) is 0 Å². The van der Waals surface area contributed by atoms with Crippen LogP contribution in [0.15, 0.2) is 33.5 Å². The lowest BCUT2D eigenvalue weighted by Crippen LogP contribution is -2.12. The van der Waals surface area contributed by atoms with Gasteiger partial charge in [-0.15, -0.1) is 11.3 Å². The van der Waals surface area contributed by atoms with Crippen molar-refractivity contribution in [1.29, 1.82) is 0 Å². The third-order valence-electron chi connectivity index (χ3n) is 2.21. The highest BCUT2D eigenvalue weighted by Gasteiger charge is 2.11. The molecule has 0 aliphatic rings. The molecule has 98 valence electrons. The molecule has 2 aromatic heterocycles. The van der Waals surface area contributed by atoms with Gasteiger partial charge < -0.3 is 5.21 Å². The fourth-order valence-corrected chi connectivity index (χ4v) is 2.37. The number of amides is 1. The van der Waals surface area contributed by atoms with Crippen molar-refractivity contribution in [3.8, 4) is 0 Å². The molecule has 0 saturated carbocycles. The van der Waals surface area contributed by atoms with Gasteiger partial charge in [0.05, 0.1) is 5.56 Å². The van der Waals surface area contributed by atoms with Crippen LogP contribution in [0, 0.1) is 0 Å². The number of nitrogens with zero attached hydrogens (tertiary/aromatic N) is 3. The zero-order chi connectivity index (χ0) is 13.8. The normalized spacial score (nSPS) is 11.4. The van der Waals surface area contributed by atoms with Crippen LogP contribution in [0.4, 0.5) is 5.13 Å². The van der Waals surface area contributed by atoms with Gasteiger partial charge in [0.1, 0.15) is 11.4 Å². The van der Waals surface area contributed by atoms with Crippen molar-refractivity contribution < 1.29 is 10.0 Å². The second-order valence-electron chi connectivity index (χ2n) is 3.57. The van der Waals surface area contributed by atoms with Gasteiger partial charge in [-0.3, -0.25) is 15.1 Å². The van der Waals surface area contributed by atoms with E-state index in [1.54, 1.807) is 24.6 Å². The summed E-state index contributed by atoms with van der Waals surface area (Å²) in [4.78, 5) is 20.0. The molecule has 1 amide bonds. The van der Waals surface area contributed by atoms with E-state index >= 15 is 0 Å². The Bertz CT molecular complexity index is 641. The highest BCUT2D eigenvalue weighted by Crippen LogP contribution is 2.17. The van der Waals surface area contributed by atoms with Gasteiger partial charge in [-0.05, 0) is 28.9 Å². The molecule has 0 aliphatic heterocycles. The SMILES string of the molecule is CC(=NO)c1csc(NC(=O)c2cncc(Br)c2)n1. The van der Waals surface area contributed by atoms with Gasteiger partial charge in [0.25, 0.3) is 5.91 Å². The number of carbonyl (C=O) groups excluding carboxylic acids is 1. The van der Waals surface area contributed by atoms with E-state index in [1.165, 1.54) is 17.5 Å². The average Bonchev–Trinajstić information content (AvgIpc) is 2.86. The highest BCUT2D eigenvalue weighted by atomic mass is 79.9. The van der Waals surface area contributed by atoms with Gasteiger partial charge >= 0.3 is 0 Å². The Balaban J connectivity index is 2.13. The Labute approximate surface area is 121 Å². The van der Waals surface area contributed by atoms with Crippen molar-refractivity contribution in [1.82, 2.24) is 9.97 Å². The first-order valence-corrected chi connectivity index (χ1v) is 6.84. The number of hydrogen-bond acceptors (Lipinski definition) is 6. The Kier molecular flexibility index (Phi) is 4.23. The molecule has 0 saturated heterocycles. The molecule has 0 spiro atoms. The lowest BCUT2D eigenvalue weighted by Gasteiger charge is -2.01. The minimum atomic E-state index is -0.298. The van der Waals surface area contributed by atoms with Crippen molar-refractivity contribution in [2.45, 2.75) is 6.92 Å². The Morgan fingerprint density at radius 1 is 1.53 bits per heavy atom. The summed E-state index contributed by atoms with van der Waals surface area (Å²) in [6.07, 6.45) is 3.06. The van der Waals surface area contributed by atoms with E-state index in [-0.39, 0.29) is 5.91 Å². The number of nitrogens with one attached hydrogen (secondary N) is 1. The number of rotatable bonds is 3. The lowest BCUT2D eigenvalue weighted by atomic mass is 10.3. The van der Waals surface area contributed by atoms with Gasteiger partial charge in [-0.1, -0.05) is 5.16 Å². The summed E-state index contributed by atoms with van der Waals surface area (Å²) < 4.78 is 0.725. The van der Waals surface area contributed by atoms with Gasteiger partial charge in [0.15, 0.2) is 5.13 Å². The summed E-state index contributed by atoms with van der Waals surface area (Å²) in [6.45, 7) is 1.62. The van der Waals surface area contributed by atoms with Crippen LogP contribution in [-0.4, -0.2) is 26.8 Å². The first kappa shape index (κ1) is 13.6. The summed E-state index contributed by atoms with van der Waals surface area (Å²) in [7, 11) is 0. The largest absolute Gasteiger partial charge is 0.411 e. The van der Waals surface area contributed by atoms with Crippen LogP contribution in [0.1, 0.15) is 23.0 Å². The minimum Gasteiger partial charge on any atom is -0.411 e. The molecular weight excluding hydrogens is 332 g/mol. The molecule has 2 heterocycles. The number of carbonyl (C=O) groups is 1. The van der Waals surface area contributed by atoms with E-state index in [0.29, 0.717) is 22.1 Å². The Morgan fingerprint density at radius 3 is 3.00 bits per heavy atom. The molecule has 8 heteroatoms. The number of thiazole rings is 1. The average molecular weight is 341 g/mol. The summed E-state index contributed by atoms with van der Waals surface area (Å²) >= 11 is 4.50. The van der Waals surface area contributed by atoms with E-state index in [0.717, 1.165) is 4.47 Å². The molecule has 0 aliphatic carbocycles. The topological polar surface area (TPSA) is 87.5 Å². The maximum absolute atomic E-state index is 11.9. The van der Waals surface area contributed by atoms with Crippen molar-refractivity contribution in [3.63, 3.8) is 0 Å². The summed E-state index contributed by atoms with van der Waals surface area (Å²) in [5, 5.41) is 16.5. The van der Waals surface area contributed by atoms with Crippen LogP contribution in [0.3, 0.4) is 0 Å². The second-order valence-corrected chi connectivity index (χ2v) is 5.34. The first-order valence-electron chi connectivity index (χ1n) is 5.16. The van der Waals surface area contributed by atoms with Gasteiger partial charge in [-0.25, -0.2) is 4.98 Å². The molecule has 2 aromatic rings. The number of pyridine rings is 1. The molecule has 0 bridgehead atoms. The van der Waals surface area contributed by atoms with Crippen molar-refractivity contribution in [2.24, 2.45) is 5.16 Å². The third kappa shape index (κ3) is 3.36. The fraction of sp³-hybridized carbons (Fsp3) is 0.0909. The minimum absolute atomic E-state index is 0.298. The standard InChI is InChI=1S/C11H9BrN4O2S/c1-6(16-18)9-5-19-11(14-9)15-10(17)7-2-8(12)4-13-3-7/h2-5,18H,1H3,(H,14,15,17). The molecule has 0 unspecified atom stereocenters. The lowest BCUT2D eigenvalue weighted by molar-refractivity contribution is 0.102. The van der Waals surface area contributed by atoms with E-state index in [1.807, 2.05) is 0 Å². The molecule has 6 nitrogen and oxygen atoms in total. The predicted octanol–water partition coefficient (Wildman–Crippen LogP) is 2.75. The third-order valence-corrected chi connectivity index (χ3v) is 3.40. The molecule has 2 rings (SSSR count). The van der Waals surface area contributed by atoms with Crippen LogP contribution in [0.25, 0.3) is 0 Å². The van der Waals surface area contributed by atoms with Gasteiger partial charge in [0, 0.05) is 22.2 Å². The van der Waals surface area contributed by atoms with Crippen LogP contribution in [0.2, 0.25) is 0 Å². The molecule has 0 atom stereocenters. The molecule has 2 N–H and O–H groups in total. The number of oxime groups is 1. The van der Waals surface area contributed by atoms with E-state index in [9.17, 15) is 4.79 Å². The van der Waals surface area contributed by atoms with E-state index in [2.05, 4.69) is 36.4 Å². The predicted molar refractivity (Wildman–Crippen MR) is 76.0 cm³/mol. The molecule has 0 fully saturated rings. The van der Waals surface area contributed by atoms with Crippen molar-refractivity contribution in [3.05, 3.63) is 39.6 Å². The maximum Gasteiger partial charge on any atom is 0.259 e. The highest BCUT2D eigenvalue weighted by molar-refractivity contribution is 9.10. The Hall–Kier alpha value is -1.80. The summed E-state index contributed by atoms with van der Waals surface area (Å²) in [5.41, 5.74) is 1.34. The quantitative estimate of drug-likeness (QED) is 0.510.